The molecule has 78 valence electrons. The van der Waals surface area contributed by atoms with Gasteiger partial charge in [0.15, 0.2) is 10.6 Å². The number of nitrogens with zero attached hydrogens (tertiary/aromatic N) is 1. The molecule has 0 aliphatic carbocycles. The fraction of sp³-hybridized carbons (Fsp3) is 0.111. The Kier molecular flexibility index (Phi) is 2.20. The number of fused-ring (bicyclic) bond motifs is 1. The molecule has 0 spiro atoms. The van der Waals surface area contributed by atoms with Crippen LogP contribution in [0.15, 0.2) is 12.4 Å². The second kappa shape index (κ2) is 3.39. The van der Waals surface area contributed by atoms with Crippen LogP contribution in [0.25, 0.3) is 10.1 Å². The number of carbonyl (C=O) groups is 1. The van der Waals surface area contributed by atoms with Gasteiger partial charge >= 0.3 is 5.97 Å². The number of aromatic nitrogens is 1. The molecule has 2 aromatic heterocycles. The number of aromatic hydroxyl groups is 2. The van der Waals surface area contributed by atoms with Gasteiger partial charge in [0.05, 0.1) is 23.4 Å². The summed E-state index contributed by atoms with van der Waals surface area (Å²) >= 11 is 1.02. The molecule has 0 saturated carbocycles. The number of rotatable bonds is 1. The lowest BCUT2D eigenvalue weighted by atomic mass is 10.2. The van der Waals surface area contributed by atoms with Crippen LogP contribution in [0.3, 0.4) is 0 Å². The molecule has 0 atom stereocenters. The number of carbonyl (C=O) groups excluding carboxylic acids is 1. The molecule has 0 amide bonds. The molecular formula is C9H7NO4S. The molecule has 0 aliphatic heterocycles. The highest BCUT2D eigenvalue weighted by molar-refractivity contribution is 7.21. The summed E-state index contributed by atoms with van der Waals surface area (Å²) in [5.74, 6) is -1.05. The van der Waals surface area contributed by atoms with E-state index >= 15 is 0 Å². The van der Waals surface area contributed by atoms with E-state index in [1.807, 2.05) is 0 Å². The Morgan fingerprint density at radius 1 is 1.47 bits per heavy atom. The molecule has 2 heterocycles. The van der Waals surface area contributed by atoms with Gasteiger partial charge in [0.25, 0.3) is 0 Å². The zero-order valence-corrected chi connectivity index (χ0v) is 8.54. The minimum absolute atomic E-state index is 0.0656. The minimum atomic E-state index is -0.631. The summed E-state index contributed by atoms with van der Waals surface area (Å²) < 4.78 is 5.03. The fourth-order valence-corrected chi connectivity index (χ4v) is 2.25. The minimum Gasteiger partial charge on any atom is -0.506 e. The summed E-state index contributed by atoms with van der Waals surface area (Å²) in [4.78, 5) is 15.1. The molecule has 2 N–H and O–H groups in total. The Balaban J connectivity index is 2.75. The molecule has 0 saturated heterocycles. The first-order chi connectivity index (χ1) is 7.15. The van der Waals surface area contributed by atoms with E-state index in [0.717, 1.165) is 11.3 Å². The maximum absolute atomic E-state index is 11.2. The number of methoxy groups -OCH3 is 1. The Morgan fingerprint density at radius 2 is 2.20 bits per heavy atom. The van der Waals surface area contributed by atoms with Gasteiger partial charge in [-0.3, -0.25) is 4.98 Å². The monoisotopic (exact) mass is 225 g/mol. The van der Waals surface area contributed by atoms with Gasteiger partial charge < -0.3 is 14.9 Å². The average molecular weight is 225 g/mol. The van der Waals surface area contributed by atoms with Crippen molar-refractivity contribution < 1.29 is 19.7 Å². The molecule has 15 heavy (non-hydrogen) atoms. The molecule has 0 radical (unpaired) electrons. The molecule has 5 nitrogen and oxygen atoms in total. The summed E-state index contributed by atoms with van der Waals surface area (Å²) in [6.07, 6.45) is 2.67. The molecule has 0 bridgehead atoms. The first-order valence-corrected chi connectivity index (χ1v) is 4.83. The third-order valence-electron chi connectivity index (χ3n) is 1.93. The van der Waals surface area contributed by atoms with Gasteiger partial charge in [0.2, 0.25) is 0 Å². The number of ether oxygens (including phenoxy) is 1. The van der Waals surface area contributed by atoms with E-state index in [-0.39, 0.29) is 21.8 Å². The van der Waals surface area contributed by atoms with Crippen LogP contribution in [-0.4, -0.2) is 28.3 Å². The maximum Gasteiger partial charge on any atom is 0.351 e. The first-order valence-electron chi connectivity index (χ1n) is 4.02. The van der Waals surface area contributed by atoms with E-state index in [9.17, 15) is 15.0 Å². The van der Waals surface area contributed by atoms with Crippen molar-refractivity contribution in [2.24, 2.45) is 0 Å². The van der Waals surface area contributed by atoms with Crippen LogP contribution in [0, 0.1) is 0 Å². The van der Waals surface area contributed by atoms with E-state index in [1.165, 1.54) is 19.5 Å². The van der Waals surface area contributed by atoms with Crippen LogP contribution in [-0.2, 0) is 4.74 Å². The number of pyridine rings is 1. The van der Waals surface area contributed by atoms with Gasteiger partial charge in [-0.15, -0.1) is 11.3 Å². The largest absolute Gasteiger partial charge is 0.506 e. The number of hydrogen-bond acceptors (Lipinski definition) is 6. The zero-order valence-electron chi connectivity index (χ0n) is 7.72. The summed E-state index contributed by atoms with van der Waals surface area (Å²) in [6, 6.07) is 0. The molecule has 0 fully saturated rings. The Hall–Kier alpha value is -1.82. The normalized spacial score (nSPS) is 10.5. The third-order valence-corrected chi connectivity index (χ3v) is 3.02. The summed E-state index contributed by atoms with van der Waals surface area (Å²) in [6.45, 7) is 0. The van der Waals surface area contributed by atoms with Crippen molar-refractivity contribution in [3.63, 3.8) is 0 Å². The summed E-state index contributed by atoms with van der Waals surface area (Å²) in [5.41, 5.74) is 0. The van der Waals surface area contributed by atoms with Gasteiger partial charge in [0.1, 0.15) is 5.75 Å². The van der Waals surface area contributed by atoms with Gasteiger partial charge in [-0.05, 0) is 0 Å². The predicted molar refractivity (Wildman–Crippen MR) is 54.3 cm³/mol. The lowest BCUT2D eigenvalue weighted by Gasteiger charge is -1.96. The Morgan fingerprint density at radius 3 is 2.80 bits per heavy atom. The molecule has 2 rings (SSSR count). The lowest BCUT2D eigenvalue weighted by molar-refractivity contribution is 0.0603. The van der Waals surface area contributed by atoms with Crippen molar-refractivity contribution in [2.45, 2.75) is 0 Å². The van der Waals surface area contributed by atoms with E-state index in [0.29, 0.717) is 4.70 Å². The van der Waals surface area contributed by atoms with Crippen molar-refractivity contribution in [2.75, 3.05) is 7.11 Å². The number of thiophene rings is 1. The molecule has 0 unspecified atom stereocenters. The topological polar surface area (TPSA) is 79.7 Å². The van der Waals surface area contributed by atoms with Gasteiger partial charge in [-0.1, -0.05) is 0 Å². The Labute approximate surface area is 88.6 Å². The van der Waals surface area contributed by atoms with Crippen LogP contribution in [0.2, 0.25) is 0 Å². The van der Waals surface area contributed by atoms with Crippen molar-refractivity contribution in [1.82, 2.24) is 4.98 Å². The predicted octanol–water partition coefficient (Wildman–Crippen LogP) is 1.49. The second-order valence-corrected chi connectivity index (χ2v) is 3.86. The fourth-order valence-electron chi connectivity index (χ4n) is 1.25. The standard InChI is InChI=1S/C9H7NO4S/c1-14-9(13)8-7(12)6-4(11)2-10-3-5(6)15-8/h2-3,11-12H,1H3. The van der Waals surface area contributed by atoms with Gasteiger partial charge in [0, 0.05) is 6.20 Å². The Bertz CT molecular complexity index is 534. The molecule has 2 aromatic rings. The molecule has 6 heteroatoms. The smallest absolute Gasteiger partial charge is 0.351 e. The molecule has 0 aliphatic rings. The quantitative estimate of drug-likeness (QED) is 0.719. The van der Waals surface area contributed by atoms with E-state index in [4.69, 9.17) is 0 Å². The summed E-state index contributed by atoms with van der Waals surface area (Å²) in [7, 11) is 1.23. The highest BCUT2D eigenvalue weighted by Crippen LogP contribution is 2.41. The van der Waals surface area contributed by atoms with Crippen molar-refractivity contribution in [1.29, 1.82) is 0 Å². The van der Waals surface area contributed by atoms with Gasteiger partial charge in [-0.25, -0.2) is 4.79 Å². The highest BCUT2D eigenvalue weighted by Gasteiger charge is 2.20. The van der Waals surface area contributed by atoms with E-state index in [2.05, 4.69) is 9.72 Å². The van der Waals surface area contributed by atoms with Crippen molar-refractivity contribution in [3.05, 3.63) is 17.3 Å². The molecule has 0 aromatic carbocycles. The highest BCUT2D eigenvalue weighted by atomic mass is 32.1. The van der Waals surface area contributed by atoms with Crippen LogP contribution >= 0.6 is 11.3 Å². The third kappa shape index (κ3) is 1.39. The van der Waals surface area contributed by atoms with Gasteiger partial charge in [-0.2, -0.15) is 0 Å². The van der Waals surface area contributed by atoms with Crippen LogP contribution in [0.4, 0.5) is 0 Å². The van der Waals surface area contributed by atoms with Crippen molar-refractivity contribution >= 4 is 27.4 Å². The SMILES string of the molecule is COC(=O)c1sc2cncc(O)c2c1O. The first kappa shape index (κ1) is 9.72. The van der Waals surface area contributed by atoms with Crippen LogP contribution < -0.4 is 0 Å². The van der Waals surface area contributed by atoms with E-state index in [1.54, 1.807) is 0 Å². The maximum atomic E-state index is 11.2. The lowest BCUT2D eigenvalue weighted by Crippen LogP contribution is -1.97. The second-order valence-electron chi connectivity index (χ2n) is 2.80. The average Bonchev–Trinajstić information content (AvgIpc) is 2.56. The number of esters is 1. The summed E-state index contributed by atoms with van der Waals surface area (Å²) in [5, 5.41) is 19.4. The van der Waals surface area contributed by atoms with Crippen LogP contribution in [0.1, 0.15) is 9.67 Å². The van der Waals surface area contributed by atoms with Crippen LogP contribution in [0.5, 0.6) is 11.5 Å². The molecular weight excluding hydrogens is 218 g/mol. The number of hydrogen-bond donors (Lipinski definition) is 2. The zero-order chi connectivity index (χ0) is 11.0. The van der Waals surface area contributed by atoms with E-state index < -0.39 is 5.97 Å². The van der Waals surface area contributed by atoms with Crippen molar-refractivity contribution in [3.8, 4) is 11.5 Å².